The number of para-hydroxylation sites is 1. The van der Waals surface area contributed by atoms with Crippen LogP contribution in [0.2, 0.25) is 0 Å². The molecule has 0 spiro atoms. The van der Waals surface area contributed by atoms with Gasteiger partial charge in [-0.3, -0.25) is 20.4 Å². The van der Waals surface area contributed by atoms with Gasteiger partial charge in [-0.2, -0.15) is 5.10 Å². The van der Waals surface area contributed by atoms with Crippen LogP contribution in [0, 0.1) is 5.82 Å². The predicted octanol–water partition coefficient (Wildman–Crippen LogP) is 3.75. The zero-order chi connectivity index (χ0) is 23.5. The van der Waals surface area contributed by atoms with Gasteiger partial charge in [0.25, 0.3) is 5.91 Å². The van der Waals surface area contributed by atoms with Crippen LogP contribution in [0.5, 0.6) is 5.75 Å². The number of hydrazine groups is 1. The third-order valence-electron chi connectivity index (χ3n) is 5.52. The van der Waals surface area contributed by atoms with E-state index in [1.165, 1.54) is 18.2 Å². The first-order chi connectivity index (χ1) is 16.6. The SMILES string of the molecule is O=C(NNC(=O)c1nn(-c2ccc(F)cc2)c2c1CCC2)c1ccc(COc2ccccc2)o1. The number of benzene rings is 2. The average molecular weight is 460 g/mol. The molecule has 2 amide bonds. The van der Waals surface area contributed by atoms with E-state index in [1.54, 1.807) is 22.9 Å². The number of furan rings is 1. The van der Waals surface area contributed by atoms with Crippen LogP contribution < -0.4 is 15.6 Å². The molecule has 0 fully saturated rings. The van der Waals surface area contributed by atoms with Crippen molar-refractivity contribution in [3.05, 3.63) is 101 Å². The van der Waals surface area contributed by atoms with Crippen LogP contribution in [0.15, 0.2) is 71.1 Å². The number of hydrogen-bond acceptors (Lipinski definition) is 5. The Kier molecular flexibility index (Phi) is 5.82. The summed E-state index contributed by atoms with van der Waals surface area (Å²) in [6, 6.07) is 18.3. The van der Waals surface area contributed by atoms with E-state index < -0.39 is 11.8 Å². The number of aromatic nitrogens is 2. The second kappa shape index (κ2) is 9.22. The number of carbonyl (C=O) groups excluding carboxylic acids is 2. The molecular weight excluding hydrogens is 439 g/mol. The molecule has 8 nitrogen and oxygen atoms in total. The summed E-state index contributed by atoms with van der Waals surface area (Å²) < 4.78 is 26.1. The Morgan fingerprint density at radius 1 is 0.971 bits per heavy atom. The molecule has 2 aromatic carbocycles. The Balaban J connectivity index is 1.23. The van der Waals surface area contributed by atoms with Crippen molar-refractivity contribution in [2.24, 2.45) is 0 Å². The van der Waals surface area contributed by atoms with Crippen molar-refractivity contribution in [3.8, 4) is 11.4 Å². The lowest BCUT2D eigenvalue weighted by Crippen LogP contribution is -2.42. The van der Waals surface area contributed by atoms with Crippen LogP contribution >= 0.6 is 0 Å². The molecule has 0 unspecified atom stereocenters. The molecule has 2 N–H and O–H groups in total. The van der Waals surface area contributed by atoms with Gasteiger partial charge < -0.3 is 9.15 Å². The van der Waals surface area contributed by atoms with Gasteiger partial charge in [0.2, 0.25) is 0 Å². The summed E-state index contributed by atoms with van der Waals surface area (Å²) in [6.07, 6.45) is 2.36. The van der Waals surface area contributed by atoms with Crippen LogP contribution in [-0.2, 0) is 19.4 Å². The Bertz CT molecular complexity index is 1330. The zero-order valence-electron chi connectivity index (χ0n) is 18.1. The summed E-state index contributed by atoms with van der Waals surface area (Å²) in [5.74, 6) is -0.295. The maximum absolute atomic E-state index is 13.3. The Hall–Kier alpha value is -4.40. The number of rotatable bonds is 6. The highest BCUT2D eigenvalue weighted by Gasteiger charge is 2.27. The molecule has 2 aromatic heterocycles. The van der Waals surface area contributed by atoms with Crippen molar-refractivity contribution in [2.75, 3.05) is 0 Å². The summed E-state index contributed by atoms with van der Waals surface area (Å²) in [4.78, 5) is 25.2. The average Bonchev–Trinajstić information content (AvgIpc) is 3.59. The fourth-order valence-electron chi connectivity index (χ4n) is 3.90. The molecule has 0 aliphatic heterocycles. The van der Waals surface area contributed by atoms with Gasteiger partial charge in [0.15, 0.2) is 11.5 Å². The second-order valence-electron chi connectivity index (χ2n) is 7.79. The molecule has 172 valence electrons. The summed E-state index contributed by atoms with van der Waals surface area (Å²) in [5.41, 5.74) is 7.40. The van der Waals surface area contributed by atoms with Crippen molar-refractivity contribution in [1.82, 2.24) is 20.6 Å². The highest BCUT2D eigenvalue weighted by atomic mass is 19.1. The number of fused-ring (bicyclic) bond motifs is 1. The van der Waals surface area contributed by atoms with Gasteiger partial charge in [0.1, 0.15) is 23.9 Å². The first-order valence-electron chi connectivity index (χ1n) is 10.8. The van der Waals surface area contributed by atoms with Crippen LogP contribution in [0.25, 0.3) is 5.69 Å². The molecule has 9 heteroatoms. The molecule has 34 heavy (non-hydrogen) atoms. The number of halogens is 1. The van der Waals surface area contributed by atoms with Crippen LogP contribution in [0.4, 0.5) is 4.39 Å². The van der Waals surface area contributed by atoms with Crippen molar-refractivity contribution in [2.45, 2.75) is 25.9 Å². The van der Waals surface area contributed by atoms with Gasteiger partial charge in [0, 0.05) is 11.3 Å². The second-order valence-corrected chi connectivity index (χ2v) is 7.79. The molecule has 0 saturated heterocycles. The fourth-order valence-corrected chi connectivity index (χ4v) is 3.90. The lowest BCUT2D eigenvalue weighted by atomic mass is 10.2. The molecule has 0 radical (unpaired) electrons. The topological polar surface area (TPSA) is 98.4 Å². The van der Waals surface area contributed by atoms with Gasteiger partial charge in [-0.15, -0.1) is 0 Å². The predicted molar refractivity (Wildman–Crippen MR) is 120 cm³/mol. The summed E-state index contributed by atoms with van der Waals surface area (Å²) in [7, 11) is 0. The van der Waals surface area contributed by atoms with E-state index in [-0.39, 0.29) is 23.9 Å². The minimum Gasteiger partial charge on any atom is -0.486 e. The number of ether oxygens (including phenoxy) is 1. The highest BCUT2D eigenvalue weighted by molar-refractivity contribution is 5.98. The van der Waals surface area contributed by atoms with Crippen molar-refractivity contribution in [3.63, 3.8) is 0 Å². The van der Waals surface area contributed by atoms with E-state index in [9.17, 15) is 14.0 Å². The highest BCUT2D eigenvalue weighted by Crippen LogP contribution is 2.27. The largest absolute Gasteiger partial charge is 0.486 e. The molecule has 1 aliphatic carbocycles. The quantitative estimate of drug-likeness (QED) is 0.427. The number of carbonyl (C=O) groups is 2. The molecular formula is C25H21FN4O4. The van der Waals surface area contributed by atoms with E-state index in [4.69, 9.17) is 9.15 Å². The standard InChI is InChI=1S/C25H21FN4O4/c26-16-9-11-17(12-10-16)30-21-8-4-7-20(21)23(29-30)25(32)28-27-24(31)22-14-13-19(34-22)15-33-18-5-2-1-3-6-18/h1-3,5-6,9-14H,4,7-8,15H2,(H,27,31)(H,28,32). The Morgan fingerprint density at radius 3 is 2.53 bits per heavy atom. The van der Waals surface area contributed by atoms with E-state index >= 15 is 0 Å². The van der Waals surface area contributed by atoms with Gasteiger partial charge in [-0.05, 0) is 67.8 Å². The molecule has 4 aromatic rings. The van der Waals surface area contributed by atoms with Crippen LogP contribution in [0.3, 0.4) is 0 Å². The van der Waals surface area contributed by atoms with Crippen molar-refractivity contribution < 1.29 is 23.1 Å². The number of amides is 2. The maximum atomic E-state index is 13.3. The van der Waals surface area contributed by atoms with Crippen molar-refractivity contribution in [1.29, 1.82) is 0 Å². The van der Waals surface area contributed by atoms with Crippen LogP contribution in [-0.4, -0.2) is 21.6 Å². The van der Waals surface area contributed by atoms with Gasteiger partial charge >= 0.3 is 5.91 Å². The maximum Gasteiger partial charge on any atom is 0.305 e. The molecule has 0 bridgehead atoms. The van der Waals surface area contributed by atoms with Gasteiger partial charge in [-0.1, -0.05) is 18.2 Å². The molecule has 2 heterocycles. The Labute approximate surface area is 194 Å². The lowest BCUT2D eigenvalue weighted by Gasteiger charge is -2.06. The minimum atomic E-state index is -0.603. The van der Waals surface area contributed by atoms with Crippen LogP contribution in [0.1, 0.15) is 44.5 Å². The number of hydrogen-bond donors (Lipinski definition) is 2. The molecule has 0 saturated carbocycles. The first kappa shape index (κ1) is 21.4. The number of nitrogens with zero attached hydrogens (tertiary/aromatic N) is 2. The zero-order valence-corrected chi connectivity index (χ0v) is 18.1. The van der Waals surface area contributed by atoms with Crippen molar-refractivity contribution >= 4 is 11.8 Å². The number of nitrogens with one attached hydrogen (secondary N) is 2. The third-order valence-corrected chi connectivity index (χ3v) is 5.52. The van der Waals surface area contributed by atoms with E-state index in [0.717, 1.165) is 24.1 Å². The Morgan fingerprint density at radius 2 is 1.74 bits per heavy atom. The molecule has 0 atom stereocenters. The summed E-state index contributed by atoms with van der Waals surface area (Å²) in [5, 5.41) is 4.43. The van der Waals surface area contributed by atoms with Gasteiger partial charge in [-0.25, -0.2) is 9.07 Å². The van der Waals surface area contributed by atoms with Gasteiger partial charge in [0.05, 0.1) is 5.69 Å². The van der Waals surface area contributed by atoms with E-state index in [0.29, 0.717) is 23.6 Å². The monoisotopic (exact) mass is 460 g/mol. The summed E-state index contributed by atoms with van der Waals surface area (Å²) in [6.45, 7) is 0.163. The summed E-state index contributed by atoms with van der Waals surface area (Å²) >= 11 is 0. The van der Waals surface area contributed by atoms with E-state index in [2.05, 4.69) is 16.0 Å². The van der Waals surface area contributed by atoms with E-state index in [1.807, 2.05) is 30.3 Å². The third kappa shape index (κ3) is 4.40. The smallest absolute Gasteiger partial charge is 0.305 e. The lowest BCUT2D eigenvalue weighted by molar-refractivity contribution is 0.0825. The fraction of sp³-hybridized carbons (Fsp3) is 0.160. The normalized spacial score (nSPS) is 12.3. The molecule has 5 rings (SSSR count). The molecule has 1 aliphatic rings. The minimum absolute atomic E-state index is 0.0361. The first-order valence-corrected chi connectivity index (χ1v) is 10.8.